The van der Waals surface area contributed by atoms with Crippen LogP contribution in [0, 0.1) is 10.1 Å². The maximum atomic E-state index is 12.8. The lowest BCUT2D eigenvalue weighted by molar-refractivity contribution is -0.384. The van der Waals surface area contributed by atoms with Crippen molar-refractivity contribution in [2.45, 2.75) is 0 Å². The van der Waals surface area contributed by atoms with Gasteiger partial charge in [0.05, 0.1) is 15.2 Å². The molecule has 132 valence electrons. The van der Waals surface area contributed by atoms with Crippen molar-refractivity contribution in [3.05, 3.63) is 92.6 Å². The second-order valence-corrected chi connectivity index (χ2v) is 6.92. The zero-order valence-corrected chi connectivity index (χ0v) is 14.7. The summed E-state index contributed by atoms with van der Waals surface area (Å²) in [5, 5.41) is 14.6. The first-order valence-electron chi connectivity index (χ1n) is 8.05. The summed E-state index contributed by atoms with van der Waals surface area (Å²) in [6.45, 7) is 0. The number of nitro benzene ring substituents is 1. The van der Waals surface area contributed by atoms with Crippen molar-refractivity contribution in [1.82, 2.24) is 0 Å². The van der Waals surface area contributed by atoms with Gasteiger partial charge in [0.1, 0.15) is 0 Å². The molecule has 3 aromatic carbocycles. The number of hydrogen-bond donors (Lipinski definition) is 1. The molecule has 0 bridgehead atoms. The van der Waals surface area contributed by atoms with Gasteiger partial charge in [-0.3, -0.25) is 19.7 Å². The van der Waals surface area contributed by atoms with Crippen LogP contribution in [0.4, 0.5) is 11.4 Å². The molecule has 0 radical (unpaired) electrons. The topological polar surface area (TPSA) is 89.3 Å². The average Bonchev–Trinajstić information content (AvgIpc) is 2.68. The van der Waals surface area contributed by atoms with Gasteiger partial charge in [-0.15, -0.1) is 11.3 Å². The minimum atomic E-state index is -0.501. The fourth-order valence-electron chi connectivity index (χ4n) is 2.87. The maximum Gasteiger partial charge on any atom is 0.269 e. The van der Waals surface area contributed by atoms with Gasteiger partial charge in [0.2, 0.25) is 0 Å². The third kappa shape index (κ3) is 3.04. The van der Waals surface area contributed by atoms with E-state index in [1.165, 1.54) is 35.6 Å². The normalized spacial score (nSPS) is 10.8. The molecule has 0 aliphatic rings. The summed E-state index contributed by atoms with van der Waals surface area (Å²) >= 11 is 1.39. The minimum Gasteiger partial charge on any atom is -0.322 e. The summed E-state index contributed by atoms with van der Waals surface area (Å²) in [6.07, 6.45) is 0. The predicted molar refractivity (Wildman–Crippen MR) is 107 cm³/mol. The third-order valence-corrected chi connectivity index (χ3v) is 5.40. The molecule has 1 amide bonds. The highest BCUT2D eigenvalue weighted by Gasteiger charge is 2.15. The highest BCUT2D eigenvalue weighted by Crippen LogP contribution is 2.28. The van der Waals surface area contributed by atoms with Crippen LogP contribution in [0.5, 0.6) is 0 Å². The fourth-order valence-corrected chi connectivity index (χ4v) is 4.05. The Hall–Kier alpha value is -3.58. The number of anilines is 1. The average molecular weight is 376 g/mol. The number of fused-ring (bicyclic) bond motifs is 2. The molecule has 0 saturated heterocycles. The molecule has 7 heteroatoms. The molecular weight excluding hydrogens is 364 g/mol. The highest BCUT2D eigenvalue weighted by atomic mass is 32.1. The Morgan fingerprint density at radius 3 is 2.37 bits per heavy atom. The van der Waals surface area contributed by atoms with Crippen LogP contribution in [-0.4, -0.2) is 10.8 Å². The van der Waals surface area contributed by atoms with Gasteiger partial charge in [-0.05, 0) is 36.4 Å². The summed E-state index contributed by atoms with van der Waals surface area (Å²) in [5.41, 5.74) is 0.668. The van der Waals surface area contributed by atoms with Crippen LogP contribution in [0.15, 0.2) is 71.5 Å². The predicted octanol–water partition coefficient (Wildman–Crippen LogP) is 4.58. The first kappa shape index (κ1) is 16.9. The number of nitro groups is 1. The maximum absolute atomic E-state index is 12.8. The molecule has 4 aromatic rings. The van der Waals surface area contributed by atoms with E-state index < -0.39 is 4.92 Å². The van der Waals surface area contributed by atoms with Gasteiger partial charge in [-0.25, -0.2) is 0 Å². The Balaban J connectivity index is 1.77. The van der Waals surface area contributed by atoms with Crippen LogP contribution < -0.4 is 10.7 Å². The Morgan fingerprint density at radius 2 is 1.63 bits per heavy atom. The molecule has 0 fully saturated rings. The van der Waals surface area contributed by atoms with Crippen molar-refractivity contribution >= 4 is 48.8 Å². The zero-order chi connectivity index (χ0) is 19.0. The third-order valence-electron chi connectivity index (χ3n) is 4.18. The highest BCUT2D eigenvalue weighted by molar-refractivity contribution is 7.24. The molecule has 1 N–H and O–H groups in total. The van der Waals surface area contributed by atoms with Gasteiger partial charge in [0.25, 0.3) is 11.6 Å². The monoisotopic (exact) mass is 376 g/mol. The smallest absolute Gasteiger partial charge is 0.269 e. The SMILES string of the molecule is O=C(Nc1ccc([N+](=O)[O-])cc1)c1cccc2c(=O)c3ccccc3sc12. The molecule has 27 heavy (non-hydrogen) atoms. The number of carbonyl (C=O) groups is 1. The van der Waals surface area contributed by atoms with E-state index in [4.69, 9.17) is 0 Å². The number of carbonyl (C=O) groups excluding carboxylic acids is 1. The van der Waals surface area contributed by atoms with Gasteiger partial charge in [-0.2, -0.15) is 0 Å². The van der Waals surface area contributed by atoms with Gasteiger partial charge in [0, 0.05) is 33.3 Å². The van der Waals surface area contributed by atoms with Gasteiger partial charge >= 0.3 is 0 Å². The molecule has 0 aliphatic heterocycles. The van der Waals surface area contributed by atoms with E-state index >= 15 is 0 Å². The molecule has 6 nitrogen and oxygen atoms in total. The molecule has 0 spiro atoms. The number of nitrogens with zero attached hydrogens (tertiary/aromatic N) is 1. The number of nitrogens with one attached hydrogen (secondary N) is 1. The number of rotatable bonds is 3. The van der Waals surface area contributed by atoms with E-state index in [1.807, 2.05) is 18.2 Å². The summed E-state index contributed by atoms with van der Waals surface area (Å²) in [7, 11) is 0. The van der Waals surface area contributed by atoms with Crippen LogP contribution in [0.2, 0.25) is 0 Å². The fraction of sp³-hybridized carbons (Fsp3) is 0. The van der Waals surface area contributed by atoms with Crippen LogP contribution in [-0.2, 0) is 0 Å². The summed E-state index contributed by atoms with van der Waals surface area (Å²) in [4.78, 5) is 35.7. The lowest BCUT2D eigenvalue weighted by Gasteiger charge is -2.08. The van der Waals surface area contributed by atoms with Crippen molar-refractivity contribution in [3.8, 4) is 0 Å². The molecule has 0 saturated carbocycles. The molecular formula is C20H12N2O4S. The standard InChI is InChI=1S/C20H12N2O4S/c23-18-14-4-1-2-7-17(14)27-19-15(18)5-3-6-16(19)20(24)21-12-8-10-13(11-9-12)22(25)26/h1-11H,(H,21,24). The van der Waals surface area contributed by atoms with Gasteiger partial charge in [0.15, 0.2) is 5.43 Å². The second-order valence-electron chi connectivity index (χ2n) is 5.87. The van der Waals surface area contributed by atoms with E-state index in [9.17, 15) is 19.7 Å². The van der Waals surface area contributed by atoms with Gasteiger partial charge in [-0.1, -0.05) is 18.2 Å². The quantitative estimate of drug-likeness (QED) is 0.322. The molecule has 4 rings (SSSR count). The van der Waals surface area contributed by atoms with Crippen LogP contribution in [0.3, 0.4) is 0 Å². The Morgan fingerprint density at radius 1 is 0.926 bits per heavy atom. The summed E-state index contributed by atoms with van der Waals surface area (Å²) in [5.74, 6) is -0.375. The lowest BCUT2D eigenvalue weighted by Crippen LogP contribution is -2.13. The number of non-ortho nitro benzene ring substituents is 1. The molecule has 0 aliphatic carbocycles. The molecule has 0 unspecified atom stereocenters. The van der Waals surface area contributed by atoms with Crippen molar-refractivity contribution < 1.29 is 9.72 Å². The first-order valence-corrected chi connectivity index (χ1v) is 8.86. The Kier molecular flexibility index (Phi) is 4.13. The Bertz CT molecular complexity index is 1260. The minimum absolute atomic E-state index is 0.0529. The zero-order valence-electron chi connectivity index (χ0n) is 13.8. The second kappa shape index (κ2) is 6.62. The lowest BCUT2D eigenvalue weighted by atomic mass is 10.1. The number of hydrogen-bond acceptors (Lipinski definition) is 5. The Labute approximate surface area is 156 Å². The summed E-state index contributed by atoms with van der Waals surface area (Å²) < 4.78 is 1.42. The first-order chi connectivity index (χ1) is 13.0. The van der Waals surface area contributed by atoms with Crippen LogP contribution in [0.25, 0.3) is 20.2 Å². The van der Waals surface area contributed by atoms with E-state index in [-0.39, 0.29) is 17.0 Å². The van der Waals surface area contributed by atoms with Crippen LogP contribution in [0.1, 0.15) is 10.4 Å². The van der Waals surface area contributed by atoms with E-state index in [2.05, 4.69) is 5.32 Å². The molecule has 0 atom stereocenters. The van der Waals surface area contributed by atoms with E-state index in [1.54, 1.807) is 24.3 Å². The van der Waals surface area contributed by atoms with Crippen molar-refractivity contribution in [1.29, 1.82) is 0 Å². The summed E-state index contributed by atoms with van der Waals surface area (Å²) in [6, 6.07) is 17.9. The molecule has 1 aromatic heterocycles. The largest absolute Gasteiger partial charge is 0.322 e. The van der Waals surface area contributed by atoms with Crippen molar-refractivity contribution in [3.63, 3.8) is 0 Å². The number of benzene rings is 3. The van der Waals surface area contributed by atoms with Gasteiger partial charge < -0.3 is 5.32 Å². The van der Waals surface area contributed by atoms with Crippen molar-refractivity contribution in [2.24, 2.45) is 0 Å². The van der Waals surface area contributed by atoms with E-state index in [0.717, 1.165) is 4.70 Å². The van der Waals surface area contributed by atoms with Crippen molar-refractivity contribution in [2.75, 3.05) is 5.32 Å². The van der Waals surface area contributed by atoms with E-state index in [0.29, 0.717) is 26.7 Å². The molecule has 1 heterocycles. The number of amides is 1. The van der Waals surface area contributed by atoms with Crippen LogP contribution >= 0.6 is 11.3 Å².